The molecule has 1 unspecified atom stereocenters. The standard InChI is InChI=1S/C20H20N2O4S/c23-19(24)14-6-1-7-15(11-14)27(26)22-20(25)21-18-16-8-2-4-12(16)10-13-5-3-9-17(13)18/h1,6-7,10-11H,2-5,8-9H2,(H,23,24)(H2,21,22,25). The van der Waals surface area contributed by atoms with Gasteiger partial charge in [-0.1, -0.05) is 12.1 Å². The van der Waals surface area contributed by atoms with Gasteiger partial charge in [0, 0.05) is 5.69 Å². The summed E-state index contributed by atoms with van der Waals surface area (Å²) in [5, 5.41) is 12.0. The molecule has 0 saturated carbocycles. The molecule has 2 aromatic rings. The first-order valence-electron chi connectivity index (χ1n) is 9.02. The van der Waals surface area contributed by atoms with Crippen LogP contribution in [0.4, 0.5) is 10.5 Å². The van der Waals surface area contributed by atoms with E-state index in [-0.39, 0.29) is 10.5 Å². The van der Waals surface area contributed by atoms with Crippen molar-refractivity contribution in [3.8, 4) is 0 Å². The van der Waals surface area contributed by atoms with E-state index in [1.54, 1.807) is 0 Å². The number of carboxylic acids is 1. The fourth-order valence-electron chi connectivity index (χ4n) is 3.99. The van der Waals surface area contributed by atoms with Crippen molar-refractivity contribution >= 4 is 28.7 Å². The van der Waals surface area contributed by atoms with Gasteiger partial charge in [0.2, 0.25) is 0 Å². The number of nitrogens with one attached hydrogen (secondary N) is 2. The van der Waals surface area contributed by atoms with Crippen LogP contribution in [0.2, 0.25) is 0 Å². The Balaban J connectivity index is 1.53. The van der Waals surface area contributed by atoms with Gasteiger partial charge in [-0.25, -0.2) is 13.8 Å². The summed E-state index contributed by atoms with van der Waals surface area (Å²) in [7, 11) is -1.84. The van der Waals surface area contributed by atoms with Crippen molar-refractivity contribution in [2.45, 2.75) is 43.4 Å². The first-order chi connectivity index (χ1) is 13.0. The maximum atomic E-state index is 12.5. The van der Waals surface area contributed by atoms with Gasteiger partial charge in [-0.15, -0.1) is 0 Å². The number of aromatic carboxylic acids is 1. The van der Waals surface area contributed by atoms with Crippen LogP contribution in [0, 0.1) is 0 Å². The van der Waals surface area contributed by atoms with Crippen LogP contribution >= 0.6 is 0 Å². The van der Waals surface area contributed by atoms with Crippen molar-refractivity contribution in [3.63, 3.8) is 0 Å². The van der Waals surface area contributed by atoms with Crippen molar-refractivity contribution in [3.05, 3.63) is 58.1 Å². The summed E-state index contributed by atoms with van der Waals surface area (Å²) in [6.45, 7) is 0. The molecule has 2 aliphatic rings. The molecular weight excluding hydrogens is 364 g/mol. The second-order valence-corrected chi connectivity index (χ2v) is 8.10. The topological polar surface area (TPSA) is 95.5 Å². The molecule has 3 N–H and O–H groups in total. The number of hydrogen-bond acceptors (Lipinski definition) is 3. The quantitative estimate of drug-likeness (QED) is 0.754. The molecule has 1 atom stereocenters. The highest BCUT2D eigenvalue weighted by molar-refractivity contribution is 7.83. The zero-order valence-corrected chi connectivity index (χ0v) is 15.5. The van der Waals surface area contributed by atoms with Crippen LogP contribution < -0.4 is 10.0 Å². The minimum absolute atomic E-state index is 0.0294. The summed E-state index contributed by atoms with van der Waals surface area (Å²) in [5.41, 5.74) is 5.92. The van der Waals surface area contributed by atoms with E-state index in [2.05, 4.69) is 16.1 Å². The van der Waals surface area contributed by atoms with Crippen LogP contribution in [-0.4, -0.2) is 21.3 Å². The molecule has 6 nitrogen and oxygen atoms in total. The number of carbonyl (C=O) groups excluding carboxylic acids is 1. The van der Waals surface area contributed by atoms with Crippen LogP contribution in [-0.2, 0) is 36.7 Å². The highest BCUT2D eigenvalue weighted by atomic mass is 32.2. The molecule has 0 radical (unpaired) electrons. The number of hydrogen-bond donors (Lipinski definition) is 3. The lowest BCUT2D eigenvalue weighted by Crippen LogP contribution is -2.31. The van der Waals surface area contributed by atoms with Gasteiger partial charge in [-0.2, -0.15) is 0 Å². The zero-order valence-electron chi connectivity index (χ0n) is 14.7. The molecule has 2 amide bonds. The van der Waals surface area contributed by atoms with Crippen LogP contribution in [0.3, 0.4) is 0 Å². The van der Waals surface area contributed by atoms with Gasteiger partial charge in [0.15, 0.2) is 11.0 Å². The third-order valence-electron chi connectivity index (χ3n) is 5.19. The SMILES string of the molecule is O=C(Nc1c2c(cc3c1CCC3)CCC2)NS(=O)c1cccc(C(=O)O)c1. The molecule has 0 aromatic heterocycles. The van der Waals surface area contributed by atoms with E-state index in [4.69, 9.17) is 5.11 Å². The summed E-state index contributed by atoms with van der Waals surface area (Å²) in [4.78, 5) is 23.8. The van der Waals surface area contributed by atoms with E-state index in [1.807, 2.05) is 0 Å². The minimum atomic E-state index is -1.84. The molecule has 7 heteroatoms. The lowest BCUT2D eigenvalue weighted by Gasteiger charge is -2.16. The second kappa shape index (κ2) is 7.15. The van der Waals surface area contributed by atoms with Gasteiger partial charge in [0.25, 0.3) is 0 Å². The summed E-state index contributed by atoms with van der Waals surface area (Å²) < 4.78 is 14.9. The van der Waals surface area contributed by atoms with Crippen molar-refractivity contribution in [2.75, 3.05) is 5.32 Å². The van der Waals surface area contributed by atoms with E-state index in [0.29, 0.717) is 0 Å². The van der Waals surface area contributed by atoms with Crippen molar-refractivity contribution in [2.24, 2.45) is 0 Å². The Kier molecular flexibility index (Phi) is 4.70. The Hall–Kier alpha value is -2.67. The molecule has 0 fully saturated rings. The molecule has 0 aliphatic heterocycles. The predicted molar refractivity (Wildman–Crippen MR) is 102 cm³/mol. The Morgan fingerprint density at radius 3 is 2.26 bits per heavy atom. The number of carboxylic acid groups (broad SMARTS) is 1. The lowest BCUT2D eigenvalue weighted by molar-refractivity contribution is 0.0696. The Morgan fingerprint density at radius 1 is 0.963 bits per heavy atom. The number of urea groups is 1. The molecule has 2 aromatic carbocycles. The zero-order chi connectivity index (χ0) is 19.0. The molecule has 4 rings (SSSR count). The Labute approximate surface area is 159 Å². The second-order valence-electron chi connectivity index (χ2n) is 6.89. The smallest absolute Gasteiger partial charge is 0.335 e. The third kappa shape index (κ3) is 3.47. The fraction of sp³-hybridized carbons (Fsp3) is 0.300. The number of aryl methyl sites for hydroxylation is 2. The van der Waals surface area contributed by atoms with Gasteiger partial charge >= 0.3 is 12.0 Å². The van der Waals surface area contributed by atoms with Crippen LogP contribution in [0.25, 0.3) is 0 Å². The summed E-state index contributed by atoms with van der Waals surface area (Å²) in [5.74, 6) is -1.10. The molecule has 0 saturated heterocycles. The monoisotopic (exact) mass is 384 g/mol. The van der Waals surface area contributed by atoms with E-state index < -0.39 is 23.0 Å². The molecule has 2 aliphatic carbocycles. The number of anilines is 1. The van der Waals surface area contributed by atoms with Gasteiger partial charge in [-0.3, -0.25) is 4.72 Å². The lowest BCUT2D eigenvalue weighted by atomic mass is 9.99. The summed E-state index contributed by atoms with van der Waals surface area (Å²) in [6.07, 6.45) is 6.13. The molecule has 140 valence electrons. The molecule has 0 spiro atoms. The average molecular weight is 384 g/mol. The largest absolute Gasteiger partial charge is 0.478 e. The average Bonchev–Trinajstić information content (AvgIpc) is 3.30. The van der Waals surface area contributed by atoms with Gasteiger partial charge in [-0.05, 0) is 79.0 Å². The normalized spacial score (nSPS) is 15.7. The Bertz CT molecular complexity index is 938. The molecule has 0 heterocycles. The number of rotatable bonds is 4. The van der Waals surface area contributed by atoms with E-state index in [1.165, 1.54) is 46.5 Å². The Morgan fingerprint density at radius 2 is 1.63 bits per heavy atom. The van der Waals surface area contributed by atoms with Crippen molar-refractivity contribution in [1.82, 2.24) is 4.72 Å². The highest BCUT2D eigenvalue weighted by Gasteiger charge is 2.25. The molecule has 0 bridgehead atoms. The highest BCUT2D eigenvalue weighted by Crippen LogP contribution is 2.38. The van der Waals surface area contributed by atoms with E-state index in [9.17, 15) is 13.8 Å². The molecule has 27 heavy (non-hydrogen) atoms. The first kappa shape index (κ1) is 17.7. The minimum Gasteiger partial charge on any atom is -0.478 e. The summed E-state index contributed by atoms with van der Waals surface area (Å²) in [6, 6.07) is 7.50. The van der Waals surface area contributed by atoms with Crippen molar-refractivity contribution < 1.29 is 18.9 Å². The summed E-state index contributed by atoms with van der Waals surface area (Å²) >= 11 is 0. The fourth-order valence-corrected chi connectivity index (χ4v) is 4.77. The first-order valence-corrected chi connectivity index (χ1v) is 10.2. The van der Waals surface area contributed by atoms with Crippen LogP contribution in [0.5, 0.6) is 0 Å². The van der Waals surface area contributed by atoms with Gasteiger partial charge in [0.1, 0.15) is 0 Å². The maximum absolute atomic E-state index is 12.5. The third-order valence-corrected chi connectivity index (χ3v) is 6.24. The van der Waals surface area contributed by atoms with Gasteiger partial charge < -0.3 is 10.4 Å². The number of benzene rings is 2. The maximum Gasteiger partial charge on any atom is 0.335 e. The molecular formula is C20H20N2O4S. The number of fused-ring (bicyclic) bond motifs is 2. The predicted octanol–water partition coefficient (Wildman–Crippen LogP) is 3.21. The van der Waals surface area contributed by atoms with E-state index >= 15 is 0 Å². The number of carbonyl (C=O) groups is 2. The van der Waals surface area contributed by atoms with Crippen LogP contribution in [0.15, 0.2) is 35.2 Å². The van der Waals surface area contributed by atoms with Crippen molar-refractivity contribution in [1.29, 1.82) is 0 Å². The van der Waals surface area contributed by atoms with E-state index in [0.717, 1.165) is 44.2 Å². The van der Waals surface area contributed by atoms with Crippen LogP contribution in [0.1, 0.15) is 45.5 Å². The number of amides is 2. The van der Waals surface area contributed by atoms with Gasteiger partial charge in [0.05, 0.1) is 10.5 Å².